The van der Waals surface area contributed by atoms with Gasteiger partial charge in [0.15, 0.2) is 0 Å². The van der Waals surface area contributed by atoms with Crippen LogP contribution in [0.1, 0.15) is 29.8 Å². The number of morpholine rings is 1. The van der Waals surface area contributed by atoms with Gasteiger partial charge in [-0.2, -0.15) is 0 Å². The van der Waals surface area contributed by atoms with E-state index in [2.05, 4.69) is 0 Å². The first-order chi connectivity index (χ1) is 12.0. The monoisotopic (exact) mass is 349 g/mol. The molecule has 2 aliphatic heterocycles. The molecule has 2 heterocycles. The first-order valence-electron chi connectivity index (χ1n) is 8.36. The van der Waals surface area contributed by atoms with Gasteiger partial charge in [-0.15, -0.1) is 0 Å². The van der Waals surface area contributed by atoms with Crippen molar-refractivity contribution in [1.29, 1.82) is 0 Å². The van der Waals surface area contributed by atoms with Crippen LogP contribution in [-0.2, 0) is 11.3 Å². The number of fused-ring (bicyclic) bond motifs is 1. The van der Waals surface area contributed by atoms with Gasteiger partial charge in [0.25, 0.3) is 5.91 Å². The number of amides is 3. The van der Waals surface area contributed by atoms with Gasteiger partial charge in [0.05, 0.1) is 31.8 Å². The van der Waals surface area contributed by atoms with Crippen molar-refractivity contribution in [2.24, 2.45) is 0 Å². The molecule has 0 spiro atoms. The number of carbonyl (C=O) groups is 2. The Kier molecular flexibility index (Phi) is 5.10. The number of ether oxygens (including phenoxy) is 2. The number of nitrogens with one attached hydrogen (secondary N) is 1. The summed E-state index contributed by atoms with van der Waals surface area (Å²) in [6, 6.07) is 4.83. The molecule has 0 bridgehead atoms. The highest BCUT2D eigenvalue weighted by molar-refractivity contribution is 5.93. The minimum Gasteiger partial charge on any atom is -0.491 e. The Morgan fingerprint density at radius 1 is 1.20 bits per heavy atom. The zero-order chi connectivity index (χ0) is 18.0. The normalized spacial score (nSPS) is 23.3. The Hall–Kier alpha value is -2.32. The zero-order valence-corrected chi connectivity index (χ0v) is 14.4. The number of hydroxylamine groups is 1. The van der Waals surface area contributed by atoms with Gasteiger partial charge in [-0.05, 0) is 26.0 Å². The van der Waals surface area contributed by atoms with E-state index in [-0.39, 0.29) is 18.1 Å². The van der Waals surface area contributed by atoms with Crippen LogP contribution in [0.3, 0.4) is 0 Å². The van der Waals surface area contributed by atoms with E-state index in [0.717, 1.165) is 5.56 Å². The quantitative estimate of drug-likeness (QED) is 0.588. The first-order valence-corrected chi connectivity index (χ1v) is 8.36. The molecule has 0 aromatic heterocycles. The largest absolute Gasteiger partial charge is 0.491 e. The Balaban J connectivity index is 1.82. The molecule has 8 heteroatoms. The number of rotatable bonds is 1. The topological polar surface area (TPSA) is 91.3 Å². The summed E-state index contributed by atoms with van der Waals surface area (Å²) in [5, 5.41) is 8.76. The van der Waals surface area contributed by atoms with Crippen LogP contribution in [-0.4, -0.2) is 65.4 Å². The van der Waals surface area contributed by atoms with Gasteiger partial charge in [0, 0.05) is 17.7 Å². The summed E-state index contributed by atoms with van der Waals surface area (Å²) in [4.78, 5) is 28.2. The second-order valence-electron chi connectivity index (χ2n) is 6.45. The van der Waals surface area contributed by atoms with E-state index < -0.39 is 5.91 Å². The van der Waals surface area contributed by atoms with Crippen molar-refractivity contribution < 1.29 is 24.3 Å². The Morgan fingerprint density at radius 2 is 1.96 bits per heavy atom. The van der Waals surface area contributed by atoms with E-state index in [1.165, 1.54) is 0 Å². The van der Waals surface area contributed by atoms with Crippen LogP contribution in [0.4, 0.5) is 4.79 Å². The van der Waals surface area contributed by atoms with Crippen molar-refractivity contribution in [3.63, 3.8) is 0 Å². The number of urea groups is 1. The van der Waals surface area contributed by atoms with Gasteiger partial charge in [-0.1, -0.05) is 6.07 Å². The summed E-state index contributed by atoms with van der Waals surface area (Å²) in [6.45, 7) is 6.32. The lowest BCUT2D eigenvalue weighted by atomic mass is 10.1. The third-order valence-corrected chi connectivity index (χ3v) is 4.64. The van der Waals surface area contributed by atoms with Crippen LogP contribution in [0.25, 0.3) is 0 Å². The predicted molar refractivity (Wildman–Crippen MR) is 88.6 cm³/mol. The standard InChI is InChI=1S/C17H23N3O5/c1-11-9-24-6-5-19(11)17(22)20-8-14-4-3-13(16(21)18-23)7-15(14)25-10-12(20)2/h3-4,7,11-12,23H,5-6,8-10H2,1-2H3,(H,18,21). The zero-order valence-electron chi connectivity index (χ0n) is 14.4. The summed E-state index contributed by atoms with van der Waals surface area (Å²) < 4.78 is 11.2. The molecule has 2 aliphatic rings. The molecule has 25 heavy (non-hydrogen) atoms. The lowest BCUT2D eigenvalue weighted by molar-refractivity contribution is 0.00600. The molecule has 1 saturated heterocycles. The fourth-order valence-corrected chi connectivity index (χ4v) is 3.10. The summed E-state index contributed by atoms with van der Waals surface area (Å²) in [5.41, 5.74) is 2.74. The fourth-order valence-electron chi connectivity index (χ4n) is 3.10. The van der Waals surface area contributed by atoms with Gasteiger partial charge >= 0.3 is 6.03 Å². The molecule has 0 radical (unpaired) electrons. The van der Waals surface area contributed by atoms with Gasteiger partial charge in [-0.25, -0.2) is 10.3 Å². The molecule has 1 aromatic rings. The van der Waals surface area contributed by atoms with Crippen molar-refractivity contribution in [1.82, 2.24) is 15.3 Å². The molecule has 2 atom stereocenters. The molecule has 3 rings (SSSR count). The average molecular weight is 349 g/mol. The van der Waals surface area contributed by atoms with Gasteiger partial charge in [0.1, 0.15) is 12.4 Å². The highest BCUT2D eigenvalue weighted by atomic mass is 16.5. The third kappa shape index (κ3) is 3.54. The van der Waals surface area contributed by atoms with Crippen molar-refractivity contribution in [2.45, 2.75) is 32.5 Å². The molecule has 1 aromatic carbocycles. The van der Waals surface area contributed by atoms with Crippen LogP contribution in [0, 0.1) is 0 Å². The predicted octanol–water partition coefficient (Wildman–Crippen LogP) is 1.23. The lowest BCUT2D eigenvalue weighted by Gasteiger charge is -2.38. The van der Waals surface area contributed by atoms with Crippen LogP contribution < -0.4 is 10.2 Å². The molecular formula is C17H23N3O5. The summed E-state index contributed by atoms with van der Waals surface area (Å²) in [5.74, 6) is -0.0444. The number of benzene rings is 1. The minimum absolute atomic E-state index is 0.0306. The van der Waals surface area contributed by atoms with Crippen molar-refractivity contribution in [2.75, 3.05) is 26.4 Å². The Labute approximate surface area is 146 Å². The van der Waals surface area contributed by atoms with E-state index >= 15 is 0 Å². The fraction of sp³-hybridized carbons (Fsp3) is 0.529. The second kappa shape index (κ2) is 7.28. The van der Waals surface area contributed by atoms with E-state index in [1.807, 2.05) is 18.7 Å². The Morgan fingerprint density at radius 3 is 2.68 bits per heavy atom. The second-order valence-corrected chi connectivity index (χ2v) is 6.45. The summed E-state index contributed by atoms with van der Waals surface area (Å²) in [7, 11) is 0. The van der Waals surface area contributed by atoms with Crippen LogP contribution >= 0.6 is 0 Å². The van der Waals surface area contributed by atoms with E-state index in [0.29, 0.717) is 44.2 Å². The number of nitrogens with zero attached hydrogens (tertiary/aromatic N) is 2. The molecule has 2 unspecified atom stereocenters. The molecular weight excluding hydrogens is 326 g/mol. The molecule has 1 fully saturated rings. The van der Waals surface area contributed by atoms with Gasteiger partial charge in [0.2, 0.25) is 0 Å². The minimum atomic E-state index is -0.598. The molecule has 0 saturated carbocycles. The number of hydrogen-bond acceptors (Lipinski definition) is 5. The van der Waals surface area contributed by atoms with Crippen LogP contribution in [0.2, 0.25) is 0 Å². The van der Waals surface area contributed by atoms with Gasteiger partial charge < -0.3 is 19.3 Å². The molecule has 8 nitrogen and oxygen atoms in total. The molecule has 136 valence electrons. The molecule has 3 amide bonds. The summed E-state index contributed by atoms with van der Waals surface area (Å²) in [6.07, 6.45) is 0. The first kappa shape index (κ1) is 17.5. The maximum atomic E-state index is 13.0. The van der Waals surface area contributed by atoms with Crippen LogP contribution in [0.5, 0.6) is 5.75 Å². The van der Waals surface area contributed by atoms with E-state index in [4.69, 9.17) is 14.7 Å². The average Bonchev–Trinajstić information content (AvgIpc) is 2.79. The SMILES string of the molecule is CC1COCCN1C(=O)N1Cc2ccc(C(=O)NO)cc2OCC1C. The maximum absolute atomic E-state index is 13.0. The molecule has 0 aliphatic carbocycles. The maximum Gasteiger partial charge on any atom is 0.321 e. The molecule has 2 N–H and O–H groups in total. The number of hydrogen-bond donors (Lipinski definition) is 2. The third-order valence-electron chi connectivity index (χ3n) is 4.64. The number of carbonyl (C=O) groups excluding carboxylic acids is 2. The van der Waals surface area contributed by atoms with Crippen molar-refractivity contribution in [3.8, 4) is 5.75 Å². The van der Waals surface area contributed by atoms with Crippen molar-refractivity contribution >= 4 is 11.9 Å². The van der Waals surface area contributed by atoms with E-state index in [1.54, 1.807) is 28.6 Å². The van der Waals surface area contributed by atoms with Gasteiger partial charge in [-0.3, -0.25) is 10.0 Å². The summed E-state index contributed by atoms with van der Waals surface area (Å²) >= 11 is 0. The van der Waals surface area contributed by atoms with Crippen LogP contribution in [0.15, 0.2) is 18.2 Å². The highest BCUT2D eigenvalue weighted by Crippen LogP contribution is 2.27. The van der Waals surface area contributed by atoms with Crippen molar-refractivity contribution in [3.05, 3.63) is 29.3 Å². The lowest BCUT2D eigenvalue weighted by Crippen LogP contribution is -2.54. The smallest absolute Gasteiger partial charge is 0.321 e. The Bertz CT molecular complexity index is 666. The van der Waals surface area contributed by atoms with E-state index in [9.17, 15) is 9.59 Å². The highest BCUT2D eigenvalue weighted by Gasteiger charge is 2.32.